The Labute approximate surface area is 118 Å². The van der Waals surface area contributed by atoms with Crippen LogP contribution in [0, 0.1) is 12.7 Å². The highest BCUT2D eigenvalue weighted by atomic mass is 35.5. The molecule has 8 heteroatoms. The summed E-state index contributed by atoms with van der Waals surface area (Å²) in [5.74, 6) is 0.344. The molecule has 2 aromatic heterocycles. The van der Waals surface area contributed by atoms with Crippen LogP contribution in [0.2, 0.25) is 5.02 Å². The van der Waals surface area contributed by atoms with E-state index in [0.717, 1.165) is 0 Å². The van der Waals surface area contributed by atoms with Gasteiger partial charge in [0.15, 0.2) is 17.0 Å². The van der Waals surface area contributed by atoms with E-state index in [2.05, 4.69) is 20.3 Å². The van der Waals surface area contributed by atoms with E-state index in [1.54, 1.807) is 19.1 Å². The second-order valence-corrected chi connectivity index (χ2v) is 4.68. The Hall–Kier alpha value is -2.28. The van der Waals surface area contributed by atoms with Crippen LogP contribution in [0.15, 0.2) is 18.2 Å². The lowest BCUT2D eigenvalue weighted by Gasteiger charge is -2.06. The number of nitrogens with zero attached hydrogens (tertiary/aromatic N) is 5. The Bertz CT molecular complexity index is 780. The van der Waals surface area contributed by atoms with Crippen LogP contribution in [0.25, 0.3) is 11.2 Å². The number of hydrogen-bond donors (Lipinski definition) is 1. The molecule has 0 spiro atoms. The molecular formula is C12H10ClFN6. The van der Waals surface area contributed by atoms with Crippen molar-refractivity contribution in [3.05, 3.63) is 40.4 Å². The van der Waals surface area contributed by atoms with E-state index >= 15 is 0 Å². The highest BCUT2D eigenvalue weighted by Gasteiger charge is 2.14. The van der Waals surface area contributed by atoms with Crippen molar-refractivity contribution < 1.29 is 4.39 Å². The number of fused-ring (bicyclic) bond motifs is 1. The molecule has 102 valence electrons. The van der Waals surface area contributed by atoms with Crippen LogP contribution in [-0.4, -0.2) is 25.0 Å². The van der Waals surface area contributed by atoms with Gasteiger partial charge >= 0.3 is 0 Å². The number of rotatable bonds is 2. The number of aromatic nitrogens is 5. The average molecular weight is 293 g/mol. The maximum atomic E-state index is 13.8. The van der Waals surface area contributed by atoms with Crippen molar-refractivity contribution in [3.63, 3.8) is 0 Å². The minimum absolute atomic E-state index is 0.123. The summed E-state index contributed by atoms with van der Waals surface area (Å²) in [6.45, 7) is 1.83. The molecule has 0 radical (unpaired) electrons. The van der Waals surface area contributed by atoms with E-state index < -0.39 is 5.82 Å². The van der Waals surface area contributed by atoms with Crippen molar-refractivity contribution in [2.75, 3.05) is 5.73 Å². The second-order valence-electron chi connectivity index (χ2n) is 4.28. The highest BCUT2D eigenvalue weighted by molar-refractivity contribution is 6.31. The van der Waals surface area contributed by atoms with E-state index in [1.165, 1.54) is 10.7 Å². The first kappa shape index (κ1) is 12.7. The number of halogens is 2. The minimum Gasteiger partial charge on any atom is -0.382 e. The molecule has 0 aliphatic carbocycles. The van der Waals surface area contributed by atoms with Crippen molar-refractivity contribution in [1.82, 2.24) is 25.0 Å². The van der Waals surface area contributed by atoms with Gasteiger partial charge in [-0.3, -0.25) is 0 Å². The summed E-state index contributed by atoms with van der Waals surface area (Å²) in [6.07, 6.45) is 0. The number of aryl methyl sites for hydroxylation is 1. The Kier molecular flexibility index (Phi) is 2.98. The molecule has 0 fully saturated rings. The summed E-state index contributed by atoms with van der Waals surface area (Å²) in [7, 11) is 0. The van der Waals surface area contributed by atoms with Crippen LogP contribution < -0.4 is 5.73 Å². The van der Waals surface area contributed by atoms with Crippen molar-refractivity contribution in [1.29, 1.82) is 0 Å². The first-order valence-corrected chi connectivity index (χ1v) is 6.20. The molecular weight excluding hydrogens is 283 g/mol. The fourth-order valence-corrected chi connectivity index (χ4v) is 2.15. The van der Waals surface area contributed by atoms with Gasteiger partial charge in [0.2, 0.25) is 0 Å². The van der Waals surface area contributed by atoms with E-state index in [-0.39, 0.29) is 12.4 Å². The van der Waals surface area contributed by atoms with E-state index in [4.69, 9.17) is 17.3 Å². The summed E-state index contributed by atoms with van der Waals surface area (Å²) in [5, 5.41) is 8.17. The number of anilines is 1. The average Bonchev–Trinajstić information content (AvgIpc) is 2.77. The van der Waals surface area contributed by atoms with E-state index in [0.29, 0.717) is 27.6 Å². The van der Waals surface area contributed by atoms with Gasteiger partial charge < -0.3 is 5.73 Å². The Morgan fingerprint density at radius 2 is 2.15 bits per heavy atom. The molecule has 0 saturated carbocycles. The molecule has 20 heavy (non-hydrogen) atoms. The summed E-state index contributed by atoms with van der Waals surface area (Å²) < 4.78 is 15.2. The van der Waals surface area contributed by atoms with Gasteiger partial charge in [-0.25, -0.2) is 19.0 Å². The van der Waals surface area contributed by atoms with Gasteiger partial charge in [-0.15, -0.1) is 5.10 Å². The fourth-order valence-electron chi connectivity index (χ4n) is 1.93. The van der Waals surface area contributed by atoms with Gasteiger partial charge in [-0.1, -0.05) is 22.9 Å². The van der Waals surface area contributed by atoms with Crippen LogP contribution in [-0.2, 0) is 6.54 Å². The molecule has 6 nitrogen and oxygen atoms in total. The molecule has 0 bridgehead atoms. The quantitative estimate of drug-likeness (QED) is 0.780. The Morgan fingerprint density at radius 1 is 1.35 bits per heavy atom. The van der Waals surface area contributed by atoms with Crippen molar-refractivity contribution in [2.45, 2.75) is 13.5 Å². The standard InChI is InChI=1S/C12H10ClFN6/c1-6-16-11(15)10-12(17-6)20(19-18-10)5-7-8(13)3-2-4-9(7)14/h2-4H,5H2,1H3,(H2,15,16,17). The molecule has 0 saturated heterocycles. The molecule has 3 rings (SSSR count). The zero-order valence-electron chi connectivity index (χ0n) is 10.5. The molecule has 2 N–H and O–H groups in total. The van der Waals surface area contributed by atoms with Gasteiger partial charge in [-0.05, 0) is 19.1 Å². The summed E-state index contributed by atoms with van der Waals surface area (Å²) >= 11 is 6.00. The lowest BCUT2D eigenvalue weighted by Crippen LogP contribution is -2.06. The van der Waals surface area contributed by atoms with Crippen molar-refractivity contribution in [2.24, 2.45) is 0 Å². The third-order valence-electron chi connectivity index (χ3n) is 2.87. The Morgan fingerprint density at radius 3 is 2.90 bits per heavy atom. The largest absolute Gasteiger partial charge is 0.382 e. The smallest absolute Gasteiger partial charge is 0.184 e. The Balaban J connectivity index is 2.12. The first-order valence-electron chi connectivity index (χ1n) is 5.82. The van der Waals surface area contributed by atoms with Gasteiger partial charge in [0, 0.05) is 10.6 Å². The molecule has 2 heterocycles. The van der Waals surface area contributed by atoms with E-state index in [9.17, 15) is 4.39 Å². The van der Waals surface area contributed by atoms with E-state index in [1.807, 2.05) is 0 Å². The van der Waals surface area contributed by atoms with Crippen LogP contribution in [0.3, 0.4) is 0 Å². The minimum atomic E-state index is -0.403. The first-order chi connectivity index (χ1) is 9.56. The third-order valence-corrected chi connectivity index (χ3v) is 3.23. The van der Waals surface area contributed by atoms with Crippen molar-refractivity contribution in [3.8, 4) is 0 Å². The summed E-state index contributed by atoms with van der Waals surface area (Å²) in [6, 6.07) is 4.51. The number of nitrogens with two attached hydrogens (primary N) is 1. The van der Waals surface area contributed by atoms with Crippen LogP contribution >= 0.6 is 11.6 Å². The predicted octanol–water partition coefficient (Wildman–Crippen LogP) is 1.95. The van der Waals surface area contributed by atoms with Crippen LogP contribution in [0.4, 0.5) is 10.2 Å². The SMILES string of the molecule is Cc1nc(N)c2nnn(Cc3c(F)cccc3Cl)c2n1. The maximum absolute atomic E-state index is 13.8. The normalized spacial score (nSPS) is 11.2. The van der Waals surface area contributed by atoms with Gasteiger partial charge in [0.05, 0.1) is 6.54 Å². The monoisotopic (exact) mass is 292 g/mol. The third kappa shape index (κ3) is 2.05. The maximum Gasteiger partial charge on any atom is 0.184 e. The lowest BCUT2D eigenvalue weighted by molar-refractivity contribution is 0.582. The number of hydrogen-bond acceptors (Lipinski definition) is 5. The molecule has 0 unspecified atom stereocenters. The van der Waals surface area contributed by atoms with Gasteiger partial charge in [0.25, 0.3) is 0 Å². The zero-order valence-corrected chi connectivity index (χ0v) is 11.3. The molecule has 0 aliphatic heterocycles. The van der Waals surface area contributed by atoms with Gasteiger partial charge in [-0.2, -0.15) is 0 Å². The molecule has 3 aromatic rings. The molecule has 0 amide bonds. The highest BCUT2D eigenvalue weighted by Crippen LogP contribution is 2.22. The van der Waals surface area contributed by atoms with Gasteiger partial charge in [0.1, 0.15) is 11.6 Å². The van der Waals surface area contributed by atoms with Crippen LogP contribution in [0.1, 0.15) is 11.4 Å². The topological polar surface area (TPSA) is 82.5 Å². The second kappa shape index (κ2) is 4.68. The lowest BCUT2D eigenvalue weighted by atomic mass is 10.2. The summed E-state index contributed by atoms with van der Waals surface area (Å²) in [4.78, 5) is 8.24. The predicted molar refractivity (Wildman–Crippen MR) is 72.8 cm³/mol. The molecule has 1 aromatic carbocycles. The number of nitrogen functional groups attached to an aromatic ring is 1. The summed E-state index contributed by atoms with van der Waals surface area (Å²) in [5.41, 5.74) is 6.93. The molecule has 0 aliphatic rings. The van der Waals surface area contributed by atoms with Crippen molar-refractivity contribution >= 4 is 28.6 Å². The number of benzene rings is 1. The fraction of sp³-hybridized carbons (Fsp3) is 0.167. The zero-order chi connectivity index (χ0) is 14.3. The molecule has 0 atom stereocenters. The van der Waals surface area contributed by atoms with Crippen LogP contribution in [0.5, 0.6) is 0 Å².